The second kappa shape index (κ2) is 9.71. The largest absolute Gasteiger partial charge is 0.504 e. The number of thiazole rings is 1. The summed E-state index contributed by atoms with van der Waals surface area (Å²) in [5.41, 5.74) is 3.46. The van der Waals surface area contributed by atoms with Gasteiger partial charge in [-0.25, -0.2) is 15.5 Å². The lowest BCUT2D eigenvalue weighted by atomic mass is 10.2. The van der Waals surface area contributed by atoms with Gasteiger partial charge in [0.15, 0.2) is 16.6 Å². The smallest absolute Gasteiger partial charge is 0.240 e. The first kappa shape index (κ1) is 19.6. The number of benzene rings is 1. The molecule has 28 heavy (non-hydrogen) atoms. The molecule has 0 aliphatic rings. The number of amides is 1. The number of aromatic nitrogens is 4. The third kappa shape index (κ3) is 5.69. The van der Waals surface area contributed by atoms with Crippen molar-refractivity contribution in [1.82, 2.24) is 20.2 Å². The molecule has 10 nitrogen and oxygen atoms in total. The van der Waals surface area contributed by atoms with Crippen molar-refractivity contribution in [3.63, 3.8) is 0 Å². The summed E-state index contributed by atoms with van der Waals surface area (Å²) < 4.78 is 5.32. The van der Waals surface area contributed by atoms with Gasteiger partial charge in [0.25, 0.3) is 0 Å². The summed E-state index contributed by atoms with van der Waals surface area (Å²) in [5, 5.41) is 25.9. The van der Waals surface area contributed by atoms with Gasteiger partial charge in [0.2, 0.25) is 17.0 Å². The molecule has 0 aliphatic carbocycles. The van der Waals surface area contributed by atoms with Crippen LogP contribution in [0.15, 0.2) is 40.0 Å². The predicted octanol–water partition coefficient (Wildman–Crippen LogP) is 2.54. The Bertz CT molecular complexity index is 944. The second-order valence-corrected chi connectivity index (χ2v) is 7.01. The highest BCUT2D eigenvalue weighted by Gasteiger charge is 2.09. The summed E-state index contributed by atoms with van der Waals surface area (Å²) in [6.07, 6.45) is 3.18. The SMILES string of the molecule is CCOc1cc(/C=N/Nc2nc(SCC(=O)Nc3nccs3)n[nH]2)ccc1O. The van der Waals surface area contributed by atoms with Crippen LogP contribution in [0.2, 0.25) is 0 Å². The molecule has 0 fully saturated rings. The standard InChI is InChI=1S/C16H17N7O3S2/c1-2-26-12-7-10(3-4-11(12)24)8-18-21-14-20-16(23-22-14)28-9-13(25)19-15-17-5-6-27-15/h3-8,24H,2,9H2,1H3,(H,17,19,25)(H2,20,21,22,23)/b18-8+. The van der Waals surface area contributed by atoms with Gasteiger partial charge in [-0.15, -0.1) is 16.4 Å². The van der Waals surface area contributed by atoms with Crippen LogP contribution in [0.25, 0.3) is 0 Å². The van der Waals surface area contributed by atoms with Gasteiger partial charge >= 0.3 is 0 Å². The van der Waals surface area contributed by atoms with Crippen LogP contribution < -0.4 is 15.5 Å². The van der Waals surface area contributed by atoms with Crippen LogP contribution in [0, 0.1) is 0 Å². The highest BCUT2D eigenvalue weighted by atomic mass is 32.2. The number of carbonyl (C=O) groups excluding carboxylic acids is 1. The maximum absolute atomic E-state index is 11.8. The maximum Gasteiger partial charge on any atom is 0.240 e. The molecule has 146 valence electrons. The number of rotatable bonds is 9. The Morgan fingerprint density at radius 1 is 1.50 bits per heavy atom. The van der Waals surface area contributed by atoms with E-state index in [9.17, 15) is 9.90 Å². The summed E-state index contributed by atoms with van der Waals surface area (Å²) in [6.45, 7) is 2.29. The average Bonchev–Trinajstić information content (AvgIpc) is 3.35. The number of aromatic amines is 1. The molecule has 1 aromatic carbocycles. The predicted molar refractivity (Wildman–Crippen MR) is 108 cm³/mol. The molecule has 3 rings (SSSR count). The molecular formula is C16H17N7O3S2. The highest BCUT2D eigenvalue weighted by Crippen LogP contribution is 2.26. The van der Waals surface area contributed by atoms with Gasteiger partial charge in [-0.1, -0.05) is 11.8 Å². The highest BCUT2D eigenvalue weighted by molar-refractivity contribution is 7.99. The zero-order valence-electron chi connectivity index (χ0n) is 14.7. The van der Waals surface area contributed by atoms with Crippen molar-refractivity contribution < 1.29 is 14.6 Å². The fraction of sp³-hybridized carbons (Fsp3) is 0.188. The van der Waals surface area contributed by atoms with Gasteiger partial charge in [-0.05, 0) is 30.7 Å². The Morgan fingerprint density at radius 3 is 3.18 bits per heavy atom. The van der Waals surface area contributed by atoms with Gasteiger partial charge < -0.3 is 15.2 Å². The minimum atomic E-state index is -0.185. The first-order valence-corrected chi connectivity index (χ1v) is 10.00. The van der Waals surface area contributed by atoms with Gasteiger partial charge in [-0.2, -0.15) is 10.1 Å². The van der Waals surface area contributed by atoms with E-state index in [-0.39, 0.29) is 17.4 Å². The number of aromatic hydroxyl groups is 1. The zero-order chi connectivity index (χ0) is 19.8. The number of nitrogens with one attached hydrogen (secondary N) is 3. The van der Waals surface area contributed by atoms with Crippen molar-refractivity contribution in [3.8, 4) is 11.5 Å². The van der Waals surface area contributed by atoms with Crippen LogP contribution in [0.4, 0.5) is 11.1 Å². The lowest BCUT2D eigenvalue weighted by molar-refractivity contribution is -0.113. The quantitative estimate of drug-likeness (QED) is 0.236. The number of phenols is 1. The Labute approximate surface area is 168 Å². The molecule has 0 radical (unpaired) electrons. The summed E-state index contributed by atoms with van der Waals surface area (Å²) in [6, 6.07) is 4.91. The lowest BCUT2D eigenvalue weighted by Crippen LogP contribution is -2.13. The molecule has 2 aromatic heterocycles. The molecule has 0 unspecified atom stereocenters. The van der Waals surface area contributed by atoms with Crippen LogP contribution in [0.1, 0.15) is 12.5 Å². The van der Waals surface area contributed by atoms with Crippen LogP contribution >= 0.6 is 23.1 Å². The fourth-order valence-corrected chi connectivity index (χ4v) is 3.13. The Balaban J connectivity index is 1.48. The van der Waals surface area contributed by atoms with Crippen molar-refractivity contribution in [1.29, 1.82) is 0 Å². The molecular weight excluding hydrogens is 402 g/mol. The lowest BCUT2D eigenvalue weighted by Gasteiger charge is -2.05. The first-order chi connectivity index (χ1) is 13.6. The average molecular weight is 419 g/mol. The van der Waals surface area contributed by atoms with E-state index in [1.54, 1.807) is 29.9 Å². The molecule has 3 aromatic rings. The van der Waals surface area contributed by atoms with E-state index < -0.39 is 0 Å². The monoisotopic (exact) mass is 419 g/mol. The fourth-order valence-electron chi connectivity index (χ4n) is 1.98. The minimum Gasteiger partial charge on any atom is -0.504 e. The third-order valence-electron chi connectivity index (χ3n) is 3.14. The Hall–Kier alpha value is -3.12. The van der Waals surface area contributed by atoms with Crippen molar-refractivity contribution >= 4 is 46.3 Å². The summed E-state index contributed by atoms with van der Waals surface area (Å²) in [4.78, 5) is 20.0. The first-order valence-electron chi connectivity index (χ1n) is 8.13. The summed E-state index contributed by atoms with van der Waals surface area (Å²) in [7, 11) is 0. The number of carbonyl (C=O) groups is 1. The van der Waals surface area contributed by atoms with E-state index >= 15 is 0 Å². The van der Waals surface area contributed by atoms with E-state index in [4.69, 9.17) is 4.74 Å². The maximum atomic E-state index is 11.8. The molecule has 0 spiro atoms. The van der Waals surface area contributed by atoms with Crippen molar-refractivity contribution in [3.05, 3.63) is 35.3 Å². The van der Waals surface area contributed by atoms with E-state index in [1.807, 2.05) is 6.92 Å². The van der Waals surface area contributed by atoms with E-state index in [1.165, 1.54) is 29.2 Å². The van der Waals surface area contributed by atoms with E-state index in [2.05, 4.69) is 36.0 Å². The van der Waals surface area contributed by atoms with Crippen molar-refractivity contribution in [2.24, 2.45) is 5.10 Å². The number of thioether (sulfide) groups is 1. The van der Waals surface area contributed by atoms with E-state index in [0.29, 0.717) is 28.6 Å². The van der Waals surface area contributed by atoms with Gasteiger partial charge in [0.05, 0.1) is 18.6 Å². The number of ether oxygens (including phenoxy) is 1. The Kier molecular flexibility index (Phi) is 6.81. The van der Waals surface area contributed by atoms with Gasteiger partial charge in [0.1, 0.15) is 0 Å². The van der Waals surface area contributed by atoms with E-state index in [0.717, 1.165) is 5.56 Å². The number of hydrazone groups is 1. The summed E-state index contributed by atoms with van der Waals surface area (Å²) >= 11 is 2.54. The third-order valence-corrected chi connectivity index (χ3v) is 4.68. The molecule has 12 heteroatoms. The number of nitrogens with zero attached hydrogens (tertiary/aromatic N) is 4. The molecule has 0 atom stereocenters. The second-order valence-electron chi connectivity index (χ2n) is 5.17. The molecule has 0 aliphatic heterocycles. The van der Waals surface area contributed by atoms with Crippen LogP contribution in [0.5, 0.6) is 11.5 Å². The topological polar surface area (TPSA) is 137 Å². The van der Waals surface area contributed by atoms with Gasteiger partial charge in [-0.3, -0.25) is 4.79 Å². The molecule has 2 heterocycles. The molecule has 0 saturated heterocycles. The van der Waals surface area contributed by atoms with Crippen LogP contribution in [0.3, 0.4) is 0 Å². The van der Waals surface area contributed by atoms with Crippen molar-refractivity contribution in [2.75, 3.05) is 23.1 Å². The Morgan fingerprint density at radius 2 is 2.39 bits per heavy atom. The number of hydrogen-bond acceptors (Lipinski definition) is 10. The minimum absolute atomic E-state index is 0.0720. The molecule has 4 N–H and O–H groups in total. The van der Waals surface area contributed by atoms with Crippen LogP contribution in [-0.2, 0) is 4.79 Å². The number of phenolic OH excluding ortho intramolecular Hbond substituents is 1. The molecule has 0 saturated carbocycles. The van der Waals surface area contributed by atoms with Crippen molar-refractivity contribution in [2.45, 2.75) is 12.1 Å². The molecule has 0 bridgehead atoms. The van der Waals surface area contributed by atoms with Gasteiger partial charge in [0, 0.05) is 11.6 Å². The summed E-state index contributed by atoms with van der Waals surface area (Å²) in [5.74, 6) is 0.773. The van der Waals surface area contributed by atoms with Crippen LogP contribution in [-0.4, -0.2) is 49.8 Å². The number of H-pyrrole nitrogens is 1. The molecule has 1 amide bonds. The zero-order valence-corrected chi connectivity index (χ0v) is 16.4. The number of hydrogen-bond donors (Lipinski definition) is 4. The number of anilines is 2. The normalized spacial score (nSPS) is 10.9.